The Kier molecular flexibility index (Phi) is 3.47. The van der Waals surface area contributed by atoms with Gasteiger partial charge in [-0.1, -0.05) is 0 Å². The fraction of sp³-hybridized carbons (Fsp3) is 0.412. The Labute approximate surface area is 142 Å². The quantitative estimate of drug-likeness (QED) is 0.866. The van der Waals surface area contributed by atoms with E-state index in [1.54, 1.807) is 9.47 Å². The molecular formula is C17H18FN3O4. The highest BCUT2D eigenvalue weighted by Crippen LogP contribution is 2.44. The van der Waals surface area contributed by atoms with E-state index in [9.17, 15) is 19.1 Å². The van der Waals surface area contributed by atoms with Gasteiger partial charge in [-0.15, -0.1) is 0 Å². The van der Waals surface area contributed by atoms with Gasteiger partial charge in [0.2, 0.25) is 5.43 Å². The lowest BCUT2D eigenvalue weighted by molar-refractivity contribution is 0.0695. The number of hydrogen-bond acceptors (Lipinski definition) is 5. The van der Waals surface area contributed by atoms with Gasteiger partial charge in [0.1, 0.15) is 11.3 Å². The third-order valence-corrected chi connectivity index (χ3v) is 4.80. The van der Waals surface area contributed by atoms with Gasteiger partial charge >= 0.3 is 5.97 Å². The van der Waals surface area contributed by atoms with E-state index in [2.05, 4.69) is 0 Å². The molecule has 3 N–H and O–H groups in total. The van der Waals surface area contributed by atoms with Gasteiger partial charge in [0.05, 0.1) is 18.0 Å². The smallest absolute Gasteiger partial charge is 0.341 e. The van der Waals surface area contributed by atoms with E-state index in [1.807, 2.05) is 0 Å². The molecule has 25 heavy (non-hydrogen) atoms. The molecule has 2 aliphatic rings. The lowest BCUT2D eigenvalue weighted by Gasteiger charge is -2.39. The van der Waals surface area contributed by atoms with Gasteiger partial charge in [-0.05, 0) is 18.9 Å². The van der Waals surface area contributed by atoms with Crippen molar-refractivity contribution in [3.63, 3.8) is 0 Å². The van der Waals surface area contributed by atoms with E-state index in [-0.39, 0.29) is 34.5 Å². The first-order valence-electron chi connectivity index (χ1n) is 8.11. The third-order valence-electron chi connectivity index (χ3n) is 4.80. The molecule has 4 rings (SSSR count). The number of anilines is 1. The largest absolute Gasteiger partial charge is 0.492 e. The van der Waals surface area contributed by atoms with Crippen molar-refractivity contribution in [1.29, 1.82) is 0 Å². The van der Waals surface area contributed by atoms with E-state index in [1.165, 1.54) is 13.3 Å². The second-order valence-electron chi connectivity index (χ2n) is 6.62. The summed E-state index contributed by atoms with van der Waals surface area (Å²) < 4.78 is 22.0. The number of methoxy groups -OCH3 is 1. The minimum Gasteiger partial charge on any atom is -0.492 e. The van der Waals surface area contributed by atoms with Crippen molar-refractivity contribution < 1.29 is 19.0 Å². The lowest BCUT2D eigenvalue weighted by Crippen LogP contribution is -2.56. The van der Waals surface area contributed by atoms with Gasteiger partial charge in [0.25, 0.3) is 0 Å². The highest BCUT2D eigenvalue weighted by molar-refractivity contribution is 5.97. The summed E-state index contributed by atoms with van der Waals surface area (Å²) in [5, 5.41) is 9.33. The molecule has 0 radical (unpaired) electrons. The Morgan fingerprint density at radius 2 is 2.08 bits per heavy atom. The van der Waals surface area contributed by atoms with Crippen molar-refractivity contribution in [3.05, 3.63) is 33.9 Å². The van der Waals surface area contributed by atoms with E-state index in [4.69, 9.17) is 10.5 Å². The molecule has 0 amide bonds. The van der Waals surface area contributed by atoms with Crippen molar-refractivity contribution in [2.75, 3.05) is 25.1 Å². The second kappa shape index (κ2) is 5.45. The first-order valence-corrected chi connectivity index (χ1v) is 8.11. The third kappa shape index (κ3) is 2.36. The van der Waals surface area contributed by atoms with Crippen LogP contribution in [-0.4, -0.2) is 41.9 Å². The van der Waals surface area contributed by atoms with Crippen LogP contribution in [0.25, 0.3) is 10.9 Å². The number of hydrogen-bond donors (Lipinski definition) is 2. The Morgan fingerprint density at radius 3 is 2.60 bits per heavy atom. The highest BCUT2D eigenvalue weighted by Gasteiger charge is 2.33. The maximum Gasteiger partial charge on any atom is 0.341 e. The van der Waals surface area contributed by atoms with Gasteiger partial charge < -0.3 is 25.0 Å². The van der Waals surface area contributed by atoms with Crippen LogP contribution in [0.2, 0.25) is 0 Å². The van der Waals surface area contributed by atoms with E-state index in [0.717, 1.165) is 18.9 Å². The fourth-order valence-electron chi connectivity index (χ4n) is 3.42. The van der Waals surface area contributed by atoms with Gasteiger partial charge in [0.15, 0.2) is 11.6 Å². The van der Waals surface area contributed by atoms with Crippen LogP contribution in [0.15, 0.2) is 17.1 Å². The van der Waals surface area contributed by atoms with Crippen LogP contribution < -0.4 is 20.8 Å². The van der Waals surface area contributed by atoms with Gasteiger partial charge in [-0.25, -0.2) is 9.18 Å². The number of rotatable bonds is 4. The van der Waals surface area contributed by atoms with Crippen LogP contribution in [-0.2, 0) is 0 Å². The first-order chi connectivity index (χ1) is 11.9. The standard InChI is InChI=1S/C17H18FN3O4/c1-25-16-13-10(4-12(18)14(16)20-5-8(19)6-20)15(22)11(17(23)24)7-21(13)9-2-3-9/h4,7-9H,2-3,5-6,19H2,1H3,(H,23,24). The molecule has 2 heterocycles. The molecule has 0 unspecified atom stereocenters. The molecule has 8 heteroatoms. The molecular weight excluding hydrogens is 329 g/mol. The van der Waals surface area contributed by atoms with Crippen LogP contribution in [0.1, 0.15) is 29.2 Å². The Hall–Kier alpha value is -2.61. The topological polar surface area (TPSA) is 97.8 Å². The predicted molar refractivity (Wildman–Crippen MR) is 90.1 cm³/mol. The van der Waals surface area contributed by atoms with Crippen molar-refractivity contribution >= 4 is 22.6 Å². The predicted octanol–water partition coefficient (Wildman–Crippen LogP) is 1.33. The minimum absolute atomic E-state index is 0.0229. The summed E-state index contributed by atoms with van der Waals surface area (Å²) in [7, 11) is 1.42. The zero-order valence-corrected chi connectivity index (χ0v) is 13.7. The number of ether oxygens (including phenoxy) is 1. The fourth-order valence-corrected chi connectivity index (χ4v) is 3.42. The average molecular weight is 347 g/mol. The van der Waals surface area contributed by atoms with Crippen molar-refractivity contribution in [1.82, 2.24) is 4.57 Å². The lowest BCUT2D eigenvalue weighted by atomic mass is 10.0. The second-order valence-corrected chi connectivity index (χ2v) is 6.62. The molecule has 0 spiro atoms. The normalized spacial score (nSPS) is 17.6. The van der Waals surface area contributed by atoms with Crippen molar-refractivity contribution in [2.24, 2.45) is 5.73 Å². The van der Waals surface area contributed by atoms with E-state index < -0.39 is 17.2 Å². The number of halogens is 1. The van der Waals surface area contributed by atoms with Crippen LogP contribution in [0, 0.1) is 5.82 Å². The molecule has 7 nitrogen and oxygen atoms in total. The number of nitrogens with zero attached hydrogens (tertiary/aromatic N) is 2. The minimum atomic E-state index is -1.32. The van der Waals surface area contributed by atoms with E-state index in [0.29, 0.717) is 18.6 Å². The molecule has 1 aliphatic carbocycles. The molecule has 0 bridgehead atoms. The molecule has 1 saturated carbocycles. The molecule has 2 aromatic rings. The summed E-state index contributed by atoms with van der Waals surface area (Å²) >= 11 is 0. The van der Waals surface area contributed by atoms with Crippen LogP contribution in [0.3, 0.4) is 0 Å². The average Bonchev–Trinajstić information content (AvgIpc) is 3.36. The van der Waals surface area contributed by atoms with Gasteiger partial charge in [0, 0.05) is 31.4 Å². The number of carboxylic acids is 1. The zero-order valence-electron chi connectivity index (χ0n) is 13.7. The summed E-state index contributed by atoms with van der Waals surface area (Å²) in [5.74, 6) is -1.68. The number of benzene rings is 1. The number of carbonyl (C=O) groups is 1. The van der Waals surface area contributed by atoms with E-state index >= 15 is 0 Å². The molecule has 132 valence electrons. The van der Waals surface area contributed by atoms with Gasteiger partial charge in [-0.2, -0.15) is 0 Å². The van der Waals surface area contributed by atoms with Crippen LogP contribution in [0.5, 0.6) is 5.75 Å². The molecule has 0 atom stereocenters. The van der Waals surface area contributed by atoms with Gasteiger partial charge in [-0.3, -0.25) is 4.79 Å². The Morgan fingerprint density at radius 1 is 1.40 bits per heavy atom. The van der Waals surface area contributed by atoms with Crippen molar-refractivity contribution in [2.45, 2.75) is 24.9 Å². The number of carboxylic acid groups (broad SMARTS) is 1. The Balaban J connectivity index is 2.07. The maximum atomic E-state index is 14.8. The first kappa shape index (κ1) is 15.9. The number of fused-ring (bicyclic) bond motifs is 1. The molecule has 1 aliphatic heterocycles. The summed E-state index contributed by atoms with van der Waals surface area (Å²) in [4.78, 5) is 25.7. The monoisotopic (exact) mass is 347 g/mol. The molecule has 1 saturated heterocycles. The summed E-state index contributed by atoms with van der Waals surface area (Å²) in [6.45, 7) is 0.999. The zero-order chi connectivity index (χ0) is 17.9. The Bertz CT molecular complexity index is 945. The highest BCUT2D eigenvalue weighted by atomic mass is 19.1. The SMILES string of the molecule is COc1c(N2CC(N)C2)c(F)cc2c(=O)c(C(=O)O)cn(C3CC3)c12. The molecule has 1 aromatic heterocycles. The molecule has 1 aromatic carbocycles. The number of nitrogens with two attached hydrogens (primary N) is 1. The summed E-state index contributed by atoms with van der Waals surface area (Å²) in [6.07, 6.45) is 3.10. The number of aromatic carboxylic acids is 1. The number of pyridine rings is 1. The molecule has 2 fully saturated rings. The summed E-state index contributed by atoms with van der Waals surface area (Å²) in [5.41, 5.74) is 5.45. The number of aromatic nitrogens is 1. The summed E-state index contributed by atoms with van der Waals surface area (Å²) in [6, 6.07) is 1.18. The van der Waals surface area contributed by atoms with Crippen LogP contribution >= 0.6 is 0 Å². The van der Waals surface area contributed by atoms with Crippen LogP contribution in [0.4, 0.5) is 10.1 Å². The van der Waals surface area contributed by atoms with Crippen molar-refractivity contribution in [3.8, 4) is 5.75 Å². The maximum absolute atomic E-state index is 14.8.